The molecule has 6 aliphatic rings. The Morgan fingerprint density at radius 3 is 3.03 bits per heavy atom. The molecule has 3 saturated heterocycles. The van der Waals surface area contributed by atoms with Gasteiger partial charge in [0.05, 0.1) is 35.8 Å². The second kappa shape index (κ2) is 7.11. The Morgan fingerprint density at radius 2 is 2.14 bits per heavy atom. The number of nitrogens with zero attached hydrogens (tertiary/aromatic N) is 4. The number of carbonyl (C=O) groups excluding carboxylic acids is 1. The SMILES string of the molecule is O=C1CC2OCC=C3CN4CCC56c7cc(N=Cc8cccc([N+](=O)[O-])c8)ccc7N1C5C2C3CC46. The van der Waals surface area contributed by atoms with Gasteiger partial charge in [-0.3, -0.25) is 24.8 Å². The number of non-ortho nitro benzene ring substituents is 1. The van der Waals surface area contributed by atoms with E-state index in [4.69, 9.17) is 9.73 Å². The van der Waals surface area contributed by atoms with Crippen molar-refractivity contribution in [1.29, 1.82) is 0 Å². The smallest absolute Gasteiger partial charge is 0.270 e. The summed E-state index contributed by atoms with van der Waals surface area (Å²) in [6.07, 6.45) is 6.60. The third-order valence-corrected chi connectivity index (χ3v) is 9.74. The van der Waals surface area contributed by atoms with Gasteiger partial charge in [0.2, 0.25) is 5.91 Å². The quantitative estimate of drug-likeness (QED) is 0.288. The highest BCUT2D eigenvalue weighted by atomic mass is 16.6. The van der Waals surface area contributed by atoms with Crippen LogP contribution in [0.4, 0.5) is 17.1 Å². The molecule has 0 N–H and O–H groups in total. The van der Waals surface area contributed by atoms with Crippen molar-refractivity contribution < 1.29 is 14.5 Å². The van der Waals surface area contributed by atoms with Gasteiger partial charge in [-0.1, -0.05) is 23.8 Å². The second-order valence-corrected chi connectivity index (χ2v) is 11.1. The van der Waals surface area contributed by atoms with E-state index in [-0.39, 0.29) is 29.2 Å². The van der Waals surface area contributed by atoms with Crippen LogP contribution in [0.1, 0.15) is 30.4 Å². The third-order valence-electron chi connectivity index (χ3n) is 9.74. The maximum atomic E-state index is 13.6. The predicted octanol–water partition coefficient (Wildman–Crippen LogP) is 3.75. The molecule has 5 heterocycles. The van der Waals surface area contributed by atoms with Gasteiger partial charge in [0.15, 0.2) is 0 Å². The summed E-state index contributed by atoms with van der Waals surface area (Å²) in [7, 11) is 0. The van der Waals surface area contributed by atoms with Crippen molar-refractivity contribution in [2.24, 2.45) is 16.8 Å². The first kappa shape index (κ1) is 20.8. The average molecular weight is 483 g/mol. The molecule has 0 aromatic heterocycles. The zero-order valence-corrected chi connectivity index (χ0v) is 19.7. The number of aliphatic imine (C=N–C) groups is 1. The number of fused-ring (bicyclic) bond motifs is 2. The fourth-order valence-corrected chi connectivity index (χ4v) is 8.49. The van der Waals surface area contributed by atoms with Crippen LogP contribution in [0.15, 0.2) is 59.1 Å². The van der Waals surface area contributed by atoms with E-state index in [9.17, 15) is 14.9 Å². The minimum atomic E-state index is -0.392. The highest BCUT2D eigenvalue weighted by Crippen LogP contribution is 2.66. The molecule has 1 spiro atoms. The molecule has 4 fully saturated rings. The van der Waals surface area contributed by atoms with Crippen LogP contribution < -0.4 is 4.90 Å². The average Bonchev–Trinajstić information content (AvgIpc) is 3.35. The number of anilines is 1. The summed E-state index contributed by atoms with van der Waals surface area (Å²) < 4.78 is 6.32. The van der Waals surface area contributed by atoms with E-state index >= 15 is 0 Å². The Labute approximate surface area is 208 Å². The number of hydrogen-bond acceptors (Lipinski definition) is 6. The molecule has 1 amide bonds. The van der Waals surface area contributed by atoms with E-state index in [0.717, 1.165) is 37.3 Å². The van der Waals surface area contributed by atoms with E-state index < -0.39 is 4.92 Å². The van der Waals surface area contributed by atoms with Crippen molar-refractivity contribution in [1.82, 2.24) is 4.90 Å². The maximum absolute atomic E-state index is 13.6. The van der Waals surface area contributed by atoms with Crippen LogP contribution in [0.5, 0.6) is 0 Å². The first-order chi connectivity index (χ1) is 17.5. The highest BCUT2D eigenvalue weighted by molar-refractivity contribution is 5.99. The number of nitro groups is 1. The molecule has 6 atom stereocenters. The molecule has 1 saturated carbocycles. The zero-order chi connectivity index (χ0) is 24.2. The summed E-state index contributed by atoms with van der Waals surface area (Å²) >= 11 is 0. The summed E-state index contributed by atoms with van der Waals surface area (Å²) in [5, 5.41) is 11.1. The van der Waals surface area contributed by atoms with Crippen molar-refractivity contribution in [2.75, 3.05) is 24.6 Å². The monoisotopic (exact) mass is 482 g/mol. The fraction of sp³-hybridized carbons (Fsp3) is 0.429. The number of carbonyl (C=O) groups is 1. The molecule has 36 heavy (non-hydrogen) atoms. The Balaban J connectivity index is 1.25. The van der Waals surface area contributed by atoms with Crippen LogP contribution in [0.25, 0.3) is 0 Å². The molecule has 8 rings (SSSR count). The van der Waals surface area contributed by atoms with E-state index in [2.05, 4.69) is 28.0 Å². The van der Waals surface area contributed by atoms with Crippen LogP contribution in [0.3, 0.4) is 0 Å². The number of benzene rings is 2. The number of amides is 1. The van der Waals surface area contributed by atoms with Gasteiger partial charge in [-0.25, -0.2) is 0 Å². The molecule has 2 bridgehead atoms. The normalized spacial score (nSPS) is 35.6. The summed E-state index contributed by atoms with van der Waals surface area (Å²) in [4.78, 5) is 33.8. The summed E-state index contributed by atoms with van der Waals surface area (Å²) in [6, 6.07) is 13.3. The molecule has 2 aromatic carbocycles. The fourth-order valence-electron chi connectivity index (χ4n) is 8.49. The van der Waals surface area contributed by atoms with Gasteiger partial charge < -0.3 is 9.64 Å². The van der Waals surface area contributed by atoms with Crippen molar-refractivity contribution in [2.45, 2.75) is 42.9 Å². The molecule has 2 aromatic rings. The molecule has 8 nitrogen and oxygen atoms in total. The number of hydrogen-bond donors (Lipinski definition) is 0. The third kappa shape index (κ3) is 2.56. The lowest BCUT2D eigenvalue weighted by Gasteiger charge is -2.58. The van der Waals surface area contributed by atoms with Crippen LogP contribution >= 0.6 is 0 Å². The van der Waals surface area contributed by atoms with E-state index in [1.807, 2.05) is 12.1 Å². The van der Waals surface area contributed by atoms with E-state index in [1.54, 1.807) is 12.3 Å². The van der Waals surface area contributed by atoms with Crippen LogP contribution in [0, 0.1) is 22.0 Å². The van der Waals surface area contributed by atoms with Crippen LogP contribution in [-0.2, 0) is 14.9 Å². The van der Waals surface area contributed by atoms with Crippen molar-refractivity contribution in [3.8, 4) is 0 Å². The van der Waals surface area contributed by atoms with Crippen molar-refractivity contribution >= 4 is 29.2 Å². The number of nitro benzene ring substituents is 1. The Kier molecular flexibility index (Phi) is 4.11. The zero-order valence-electron chi connectivity index (χ0n) is 19.7. The topological polar surface area (TPSA) is 88.3 Å². The second-order valence-electron chi connectivity index (χ2n) is 11.1. The van der Waals surface area contributed by atoms with Gasteiger partial charge in [-0.2, -0.15) is 0 Å². The van der Waals surface area contributed by atoms with Gasteiger partial charge in [-0.15, -0.1) is 0 Å². The Hall–Kier alpha value is -3.36. The van der Waals surface area contributed by atoms with Crippen LogP contribution in [-0.4, -0.2) is 59.8 Å². The summed E-state index contributed by atoms with van der Waals surface area (Å²) in [5.41, 5.74) is 5.26. The lowest BCUT2D eigenvalue weighted by atomic mass is 9.53. The van der Waals surface area contributed by atoms with Gasteiger partial charge >= 0.3 is 0 Å². The molecule has 182 valence electrons. The standard InChI is InChI=1S/C28H26N4O4/c33-25-13-23-26-20-12-24-28(7-8-30(24)15-17(20)6-9-36-23)21-11-18(4-5-22(21)31(25)27(26)28)29-14-16-2-1-3-19(10-16)32(34)35/h1-6,10-11,14,20,23-24,26-27H,7-9,12-13,15H2. The molecular formula is C28H26N4O4. The van der Waals surface area contributed by atoms with Crippen LogP contribution in [0.2, 0.25) is 0 Å². The largest absolute Gasteiger partial charge is 0.373 e. The lowest BCUT2D eigenvalue weighted by molar-refractivity contribution is -0.384. The summed E-state index contributed by atoms with van der Waals surface area (Å²) in [6.45, 7) is 2.68. The first-order valence-electron chi connectivity index (χ1n) is 12.8. The van der Waals surface area contributed by atoms with Crippen molar-refractivity contribution in [3.63, 3.8) is 0 Å². The molecule has 5 aliphatic heterocycles. The lowest BCUT2D eigenvalue weighted by Crippen LogP contribution is -2.69. The minimum Gasteiger partial charge on any atom is -0.373 e. The van der Waals surface area contributed by atoms with Gasteiger partial charge in [0, 0.05) is 48.0 Å². The number of rotatable bonds is 3. The molecule has 8 heteroatoms. The molecule has 6 unspecified atom stereocenters. The highest BCUT2D eigenvalue weighted by Gasteiger charge is 2.71. The molecule has 1 aliphatic carbocycles. The molecule has 0 radical (unpaired) electrons. The minimum absolute atomic E-state index is 0.0110. The number of ether oxygens (including phenoxy) is 1. The first-order valence-corrected chi connectivity index (χ1v) is 12.8. The Morgan fingerprint density at radius 1 is 1.22 bits per heavy atom. The van der Waals surface area contributed by atoms with Gasteiger partial charge in [0.1, 0.15) is 0 Å². The Bertz CT molecular complexity index is 1400. The van der Waals surface area contributed by atoms with E-state index in [1.165, 1.54) is 23.3 Å². The van der Waals surface area contributed by atoms with E-state index in [0.29, 0.717) is 36.5 Å². The molecular weight excluding hydrogens is 456 g/mol. The van der Waals surface area contributed by atoms with Crippen molar-refractivity contribution in [3.05, 3.63) is 75.4 Å². The number of piperidine rings is 2. The summed E-state index contributed by atoms with van der Waals surface area (Å²) in [5.74, 6) is 0.998. The van der Waals surface area contributed by atoms with Gasteiger partial charge in [-0.05, 0) is 54.6 Å². The van der Waals surface area contributed by atoms with Gasteiger partial charge in [0.25, 0.3) is 5.69 Å². The predicted molar refractivity (Wildman–Crippen MR) is 134 cm³/mol. The maximum Gasteiger partial charge on any atom is 0.270 e.